The van der Waals surface area contributed by atoms with Crippen molar-refractivity contribution in [1.29, 1.82) is 0 Å². The Labute approximate surface area is 173 Å². The van der Waals surface area contributed by atoms with E-state index in [-0.39, 0.29) is 38.9 Å². The molecule has 0 fully saturated rings. The summed E-state index contributed by atoms with van der Waals surface area (Å²) in [6, 6.07) is 11.2. The molecule has 166 valence electrons. The van der Waals surface area contributed by atoms with Crippen LogP contribution in [-0.2, 0) is 9.84 Å². The maximum Gasteiger partial charge on any atom is 0.310 e. The van der Waals surface area contributed by atoms with Crippen LogP contribution in [0.5, 0.6) is 5.75 Å². The zero-order valence-electron chi connectivity index (χ0n) is 15.3. The molecule has 0 atom stereocenters. The fourth-order valence-electron chi connectivity index (χ4n) is 2.55. The van der Waals surface area contributed by atoms with Crippen molar-refractivity contribution in [2.75, 3.05) is 5.32 Å². The van der Waals surface area contributed by atoms with Gasteiger partial charge in [0, 0.05) is 11.3 Å². The van der Waals surface area contributed by atoms with Gasteiger partial charge in [-0.1, -0.05) is 19.4 Å². The Bertz CT molecular complexity index is 1240. The highest BCUT2D eigenvalue weighted by Gasteiger charge is 2.65. The number of amides is 1. The second-order valence-corrected chi connectivity index (χ2v) is 10.8. The summed E-state index contributed by atoms with van der Waals surface area (Å²) >= 11 is 0. The summed E-state index contributed by atoms with van der Waals surface area (Å²) in [4.78, 5) is 9.95. The van der Waals surface area contributed by atoms with E-state index in [2.05, 4.69) is 5.32 Å². The number of carbonyl (C=O) groups is 1. The molecule has 12 heteroatoms. The Morgan fingerprint density at radius 1 is 0.742 bits per heavy atom. The number of phenols is 1. The van der Waals surface area contributed by atoms with Crippen molar-refractivity contribution in [2.24, 2.45) is 0 Å². The number of halogens is 5. The molecule has 0 unspecified atom stereocenters. The summed E-state index contributed by atoms with van der Waals surface area (Å²) in [5, 5.41) is 11.5. The highest BCUT2D eigenvalue weighted by molar-refractivity contribution is 8.45. The van der Waals surface area contributed by atoms with Crippen LogP contribution in [0.25, 0.3) is 0 Å². The molecule has 31 heavy (non-hydrogen) atoms. The van der Waals surface area contributed by atoms with Crippen LogP contribution in [0, 0.1) is 0 Å². The fraction of sp³-hybridized carbons (Fsp3) is 0. The van der Waals surface area contributed by atoms with Gasteiger partial charge < -0.3 is 10.4 Å². The molecule has 1 amide bonds. The van der Waals surface area contributed by atoms with Crippen LogP contribution < -0.4 is 5.32 Å². The fourth-order valence-corrected chi connectivity index (χ4v) is 4.46. The number of sulfone groups is 1. The van der Waals surface area contributed by atoms with Crippen molar-refractivity contribution < 1.29 is 37.7 Å². The smallest absolute Gasteiger partial charge is 0.310 e. The van der Waals surface area contributed by atoms with Crippen LogP contribution in [0.1, 0.15) is 10.4 Å². The zero-order valence-corrected chi connectivity index (χ0v) is 16.9. The van der Waals surface area contributed by atoms with E-state index in [1.54, 1.807) is 0 Å². The molecule has 2 N–H and O–H groups in total. The van der Waals surface area contributed by atoms with E-state index in [9.17, 15) is 37.7 Å². The van der Waals surface area contributed by atoms with Gasteiger partial charge in [-0.3, -0.25) is 4.79 Å². The van der Waals surface area contributed by atoms with Crippen molar-refractivity contribution in [1.82, 2.24) is 0 Å². The van der Waals surface area contributed by atoms with E-state index in [1.165, 1.54) is 36.4 Å². The topological polar surface area (TPSA) is 83.5 Å². The van der Waals surface area contributed by atoms with Crippen LogP contribution in [0.15, 0.2) is 87.5 Å². The molecule has 0 saturated heterocycles. The molecular weight excluding hydrogens is 465 g/mol. The number of phenolic OH excluding ortho intramolecular Hbond substituents is 1. The van der Waals surface area contributed by atoms with Gasteiger partial charge in [-0.2, -0.15) is 0 Å². The summed E-state index contributed by atoms with van der Waals surface area (Å²) in [6.45, 7) is 0. The molecular formula is C19H14F5NO4S2. The lowest BCUT2D eigenvalue weighted by Gasteiger charge is -2.40. The highest BCUT2D eigenvalue weighted by atomic mass is 32.5. The first-order chi connectivity index (χ1) is 14.1. The molecule has 0 radical (unpaired) electrons. The molecule has 0 aliphatic heterocycles. The molecule has 0 aliphatic rings. The van der Waals surface area contributed by atoms with Gasteiger partial charge in [0.1, 0.15) is 10.6 Å². The molecule has 0 bridgehead atoms. The van der Waals surface area contributed by atoms with E-state index < -0.39 is 30.9 Å². The van der Waals surface area contributed by atoms with Crippen molar-refractivity contribution in [3.05, 3.63) is 78.4 Å². The maximum atomic E-state index is 12.7. The summed E-state index contributed by atoms with van der Waals surface area (Å²) < 4.78 is 88.8. The number of benzene rings is 3. The Morgan fingerprint density at radius 2 is 1.19 bits per heavy atom. The molecule has 0 saturated carbocycles. The van der Waals surface area contributed by atoms with Crippen LogP contribution in [0.2, 0.25) is 0 Å². The summed E-state index contributed by atoms with van der Waals surface area (Å²) in [5.41, 5.74) is -0.169. The highest BCUT2D eigenvalue weighted by Crippen LogP contribution is 3.02. The number of hydrogen-bond donors (Lipinski definition) is 2. The molecule has 5 nitrogen and oxygen atoms in total. The largest absolute Gasteiger partial charge is 0.508 e. The monoisotopic (exact) mass is 479 g/mol. The van der Waals surface area contributed by atoms with Gasteiger partial charge >= 0.3 is 10.2 Å². The third kappa shape index (κ3) is 5.14. The van der Waals surface area contributed by atoms with Crippen molar-refractivity contribution in [3.63, 3.8) is 0 Å². The normalized spacial score (nSPS) is 14.4. The van der Waals surface area contributed by atoms with E-state index in [4.69, 9.17) is 0 Å². The summed E-state index contributed by atoms with van der Waals surface area (Å²) in [5.74, 6) is -0.895. The van der Waals surface area contributed by atoms with E-state index in [0.29, 0.717) is 12.1 Å². The second kappa shape index (κ2) is 6.69. The lowest BCUT2D eigenvalue weighted by atomic mass is 10.2. The predicted octanol–water partition coefficient (Wildman–Crippen LogP) is 6.13. The van der Waals surface area contributed by atoms with E-state index >= 15 is 0 Å². The Morgan fingerprint density at radius 3 is 1.65 bits per heavy atom. The van der Waals surface area contributed by atoms with Crippen LogP contribution in [-0.4, -0.2) is 19.4 Å². The number of carbonyl (C=O) groups excluding carboxylic acids is 1. The minimum atomic E-state index is -9.81. The van der Waals surface area contributed by atoms with Gasteiger partial charge in [-0.25, -0.2) is 8.42 Å². The van der Waals surface area contributed by atoms with E-state index in [0.717, 1.165) is 12.1 Å². The zero-order chi connectivity index (χ0) is 23.1. The summed E-state index contributed by atoms with van der Waals surface area (Å²) in [6.07, 6.45) is 0. The predicted molar refractivity (Wildman–Crippen MR) is 106 cm³/mol. The Balaban J connectivity index is 1.77. The van der Waals surface area contributed by atoms with E-state index in [1.807, 2.05) is 0 Å². The number of aromatic hydroxyl groups is 1. The Hall–Kier alpha value is -3.12. The third-order valence-corrected chi connectivity index (χ3v) is 7.08. The number of nitrogens with one attached hydrogen (secondary N) is 1. The van der Waals surface area contributed by atoms with Crippen LogP contribution in [0.3, 0.4) is 0 Å². The number of anilines is 1. The average Bonchev–Trinajstić information content (AvgIpc) is 2.67. The quantitative estimate of drug-likeness (QED) is 0.431. The first-order valence-corrected chi connectivity index (χ1v) is 11.8. The van der Waals surface area contributed by atoms with Crippen molar-refractivity contribution >= 4 is 31.7 Å². The summed E-state index contributed by atoms with van der Waals surface area (Å²) in [7, 11) is -13.7. The van der Waals surface area contributed by atoms with Gasteiger partial charge in [0.05, 0.1) is 9.79 Å². The van der Waals surface area contributed by atoms with Crippen LogP contribution in [0.4, 0.5) is 25.1 Å². The molecule has 0 heterocycles. The lowest BCUT2D eigenvalue weighted by molar-refractivity contribution is 0.102. The maximum absolute atomic E-state index is 12.7. The first-order valence-electron chi connectivity index (χ1n) is 8.36. The molecule has 3 aromatic rings. The molecule has 0 spiro atoms. The molecule has 0 aliphatic carbocycles. The second-order valence-electron chi connectivity index (χ2n) is 6.47. The van der Waals surface area contributed by atoms with Gasteiger partial charge in [-0.05, 0) is 72.8 Å². The van der Waals surface area contributed by atoms with Gasteiger partial charge in [0.15, 0.2) is 0 Å². The Kier molecular flexibility index (Phi) is 4.87. The minimum absolute atomic E-state index is 0.0125. The lowest BCUT2D eigenvalue weighted by Crippen LogP contribution is -2.12. The van der Waals surface area contributed by atoms with Crippen molar-refractivity contribution in [3.8, 4) is 5.75 Å². The minimum Gasteiger partial charge on any atom is -0.508 e. The SMILES string of the molecule is O=C(Nc1ccc(S(F)(F)(F)(F)F)cc1)c1ccc(S(=O)(=O)c2ccc(O)cc2)cc1. The first kappa shape index (κ1) is 22.6. The van der Waals surface area contributed by atoms with Gasteiger partial charge in [0.2, 0.25) is 9.84 Å². The molecule has 0 aromatic heterocycles. The standard InChI is InChI=1S/C19H14F5NO4S2/c20-31(21,22,23,24)18-11-3-14(4-12-18)25-19(27)13-1-7-16(8-2-13)30(28,29)17-9-5-15(26)6-10-17/h1-12,26H,(H,25,27). The van der Waals surface area contributed by atoms with Gasteiger partial charge in [-0.15, -0.1) is 0 Å². The third-order valence-electron chi connectivity index (χ3n) is 4.13. The number of hydrogen-bond acceptors (Lipinski definition) is 4. The molecule has 3 rings (SSSR count). The average molecular weight is 479 g/mol. The van der Waals surface area contributed by atoms with Crippen molar-refractivity contribution in [2.45, 2.75) is 14.7 Å². The van der Waals surface area contributed by atoms with Crippen LogP contribution >= 0.6 is 10.2 Å². The number of rotatable bonds is 5. The van der Waals surface area contributed by atoms with Gasteiger partial charge in [0.25, 0.3) is 5.91 Å². The molecule has 3 aromatic carbocycles.